The predicted molar refractivity (Wildman–Crippen MR) is 81.3 cm³/mol. The topological polar surface area (TPSA) is 57.2 Å². The molecule has 0 bridgehead atoms. The third-order valence-electron chi connectivity index (χ3n) is 3.00. The van der Waals surface area contributed by atoms with Crippen molar-refractivity contribution in [1.29, 1.82) is 0 Å². The van der Waals surface area contributed by atoms with E-state index >= 15 is 0 Å². The molecule has 0 spiro atoms. The fourth-order valence-corrected chi connectivity index (χ4v) is 2.78. The molecule has 1 aliphatic rings. The van der Waals surface area contributed by atoms with Gasteiger partial charge in [-0.3, -0.25) is 4.79 Å². The standard InChI is InChI=1S/C13H18NO5PS/c1-9(2)13-14(19-20(21,16-3)17-4)12(15)10-7-5-6-8-11(10)18-13/h5-9,13H,1-4H3. The van der Waals surface area contributed by atoms with Crippen LogP contribution in [0.3, 0.4) is 0 Å². The van der Waals surface area contributed by atoms with Crippen LogP contribution in [0.25, 0.3) is 0 Å². The summed E-state index contributed by atoms with van der Waals surface area (Å²) in [7, 11) is 2.77. The highest BCUT2D eigenvalue weighted by Crippen LogP contribution is 2.50. The molecule has 0 fully saturated rings. The number of rotatable bonds is 5. The Morgan fingerprint density at radius 3 is 2.48 bits per heavy atom. The lowest BCUT2D eigenvalue weighted by molar-refractivity contribution is -0.154. The van der Waals surface area contributed by atoms with Crippen molar-refractivity contribution in [2.24, 2.45) is 5.92 Å². The molecule has 0 saturated carbocycles. The van der Waals surface area contributed by atoms with E-state index in [-0.39, 0.29) is 11.8 Å². The Morgan fingerprint density at radius 1 is 1.29 bits per heavy atom. The number of carbonyl (C=O) groups is 1. The maximum absolute atomic E-state index is 12.6. The largest absolute Gasteiger partial charge is 0.467 e. The minimum atomic E-state index is -3.02. The number of hydrogen-bond acceptors (Lipinski definition) is 6. The van der Waals surface area contributed by atoms with Gasteiger partial charge >= 0.3 is 6.72 Å². The number of fused-ring (bicyclic) bond motifs is 1. The second kappa shape index (κ2) is 6.42. The second-order valence-corrected chi connectivity index (χ2v) is 7.90. The van der Waals surface area contributed by atoms with Crippen molar-refractivity contribution >= 4 is 24.4 Å². The first-order chi connectivity index (χ1) is 9.91. The van der Waals surface area contributed by atoms with Crippen LogP contribution in [0.1, 0.15) is 24.2 Å². The van der Waals surface area contributed by atoms with Crippen molar-refractivity contribution in [2.45, 2.75) is 20.1 Å². The maximum atomic E-state index is 12.6. The third-order valence-corrected chi connectivity index (χ3v) is 5.37. The molecule has 1 aromatic carbocycles. The Hall–Kier alpha value is -0.980. The van der Waals surface area contributed by atoms with Crippen molar-refractivity contribution in [3.8, 4) is 5.75 Å². The summed E-state index contributed by atoms with van der Waals surface area (Å²) in [6.45, 7) is 0.826. The smallest absolute Gasteiger partial charge is 0.348 e. The SMILES string of the molecule is COP(=S)(OC)ON1C(=O)c2ccccc2OC1C(C)C. The Morgan fingerprint density at radius 2 is 1.90 bits per heavy atom. The molecule has 21 heavy (non-hydrogen) atoms. The van der Waals surface area contributed by atoms with Gasteiger partial charge in [-0.25, -0.2) is 0 Å². The van der Waals surface area contributed by atoms with E-state index in [9.17, 15) is 4.79 Å². The molecule has 0 aliphatic carbocycles. The van der Waals surface area contributed by atoms with Crippen LogP contribution < -0.4 is 4.74 Å². The highest BCUT2D eigenvalue weighted by molar-refractivity contribution is 8.07. The van der Waals surface area contributed by atoms with Crippen molar-refractivity contribution in [2.75, 3.05) is 14.2 Å². The van der Waals surface area contributed by atoms with E-state index in [1.165, 1.54) is 14.2 Å². The van der Waals surface area contributed by atoms with Crippen molar-refractivity contribution in [1.82, 2.24) is 5.06 Å². The fraction of sp³-hybridized carbons (Fsp3) is 0.462. The number of hydroxylamine groups is 2. The molecular weight excluding hydrogens is 313 g/mol. The van der Waals surface area contributed by atoms with E-state index in [2.05, 4.69) is 0 Å². The third kappa shape index (κ3) is 3.27. The van der Waals surface area contributed by atoms with Gasteiger partial charge in [0.05, 0.1) is 5.56 Å². The van der Waals surface area contributed by atoms with Gasteiger partial charge in [0.15, 0.2) is 0 Å². The summed E-state index contributed by atoms with van der Waals surface area (Å²) < 4.78 is 21.6. The summed E-state index contributed by atoms with van der Waals surface area (Å²) in [5, 5.41) is 1.13. The molecule has 0 radical (unpaired) electrons. The van der Waals surface area contributed by atoms with E-state index in [4.69, 9.17) is 30.2 Å². The van der Waals surface area contributed by atoms with Gasteiger partial charge < -0.3 is 13.8 Å². The number of carbonyl (C=O) groups excluding carboxylic acids is 1. The van der Waals surface area contributed by atoms with Gasteiger partial charge in [-0.15, -0.1) is 0 Å². The Kier molecular flexibility index (Phi) is 5.01. The van der Waals surface area contributed by atoms with Crippen LogP contribution >= 0.6 is 6.72 Å². The summed E-state index contributed by atoms with van der Waals surface area (Å²) in [5.41, 5.74) is 0.420. The number of benzene rings is 1. The Balaban J connectivity index is 2.38. The summed E-state index contributed by atoms with van der Waals surface area (Å²) in [6.07, 6.45) is -0.597. The molecule has 6 nitrogen and oxygen atoms in total. The lowest BCUT2D eigenvalue weighted by Gasteiger charge is -2.38. The quantitative estimate of drug-likeness (QED) is 0.773. The van der Waals surface area contributed by atoms with Crippen molar-refractivity contribution < 1.29 is 23.2 Å². The average molecular weight is 331 g/mol. The van der Waals surface area contributed by atoms with Crippen LogP contribution in [0.4, 0.5) is 0 Å². The van der Waals surface area contributed by atoms with Gasteiger partial charge in [-0.1, -0.05) is 26.0 Å². The predicted octanol–water partition coefficient (Wildman–Crippen LogP) is 2.95. The lowest BCUT2D eigenvalue weighted by Crippen LogP contribution is -2.49. The zero-order valence-corrected chi connectivity index (χ0v) is 14.0. The van der Waals surface area contributed by atoms with Gasteiger partial charge in [-0.2, -0.15) is 9.69 Å². The number of ether oxygens (including phenoxy) is 1. The van der Waals surface area contributed by atoms with Crippen LogP contribution in [0.5, 0.6) is 5.75 Å². The van der Waals surface area contributed by atoms with Gasteiger partial charge in [0.25, 0.3) is 5.91 Å². The molecule has 1 aliphatic heterocycles. The average Bonchev–Trinajstić information content (AvgIpc) is 2.49. The van der Waals surface area contributed by atoms with E-state index < -0.39 is 12.9 Å². The summed E-state index contributed by atoms with van der Waals surface area (Å²) in [5.74, 6) is 0.211. The van der Waals surface area contributed by atoms with Crippen LogP contribution in [0.2, 0.25) is 0 Å². The number of para-hydroxylation sites is 1. The molecule has 116 valence electrons. The van der Waals surface area contributed by atoms with Crippen LogP contribution in [0.15, 0.2) is 24.3 Å². The molecule has 1 atom stereocenters. The number of nitrogens with zero attached hydrogens (tertiary/aromatic N) is 1. The highest BCUT2D eigenvalue weighted by Gasteiger charge is 2.40. The molecule has 1 unspecified atom stereocenters. The van der Waals surface area contributed by atoms with Crippen LogP contribution in [-0.2, 0) is 25.5 Å². The molecule has 0 aromatic heterocycles. The first kappa shape index (κ1) is 16.4. The normalized spacial score (nSPS) is 18.6. The van der Waals surface area contributed by atoms with E-state index in [0.29, 0.717) is 11.3 Å². The van der Waals surface area contributed by atoms with Crippen LogP contribution in [-0.4, -0.2) is 31.4 Å². The van der Waals surface area contributed by atoms with Crippen molar-refractivity contribution in [3.05, 3.63) is 29.8 Å². The van der Waals surface area contributed by atoms with Gasteiger partial charge in [0.2, 0.25) is 6.23 Å². The molecule has 8 heteroatoms. The zero-order valence-electron chi connectivity index (χ0n) is 12.3. The van der Waals surface area contributed by atoms with E-state index in [1.54, 1.807) is 18.2 Å². The second-order valence-electron chi connectivity index (χ2n) is 4.77. The van der Waals surface area contributed by atoms with Gasteiger partial charge in [-0.05, 0) is 23.9 Å². The Labute approximate surface area is 129 Å². The zero-order chi connectivity index (χ0) is 15.6. The molecular formula is C13H18NO5PS. The Bertz CT molecular complexity index is 571. The minimum Gasteiger partial charge on any atom is -0.467 e. The van der Waals surface area contributed by atoms with E-state index in [0.717, 1.165) is 5.06 Å². The number of hydrogen-bond donors (Lipinski definition) is 0. The summed E-state index contributed by atoms with van der Waals surface area (Å²) >= 11 is 5.17. The molecule has 2 rings (SSSR count). The van der Waals surface area contributed by atoms with Crippen molar-refractivity contribution in [3.63, 3.8) is 0 Å². The van der Waals surface area contributed by atoms with E-state index in [1.807, 2.05) is 19.9 Å². The number of amides is 1. The van der Waals surface area contributed by atoms with Crippen LogP contribution in [0, 0.1) is 5.92 Å². The first-order valence-electron chi connectivity index (χ1n) is 6.42. The fourth-order valence-electron chi connectivity index (χ4n) is 1.90. The lowest BCUT2D eigenvalue weighted by atomic mass is 10.1. The molecule has 0 N–H and O–H groups in total. The first-order valence-corrected chi connectivity index (χ1v) is 8.98. The van der Waals surface area contributed by atoms with Gasteiger partial charge in [0.1, 0.15) is 5.75 Å². The van der Waals surface area contributed by atoms with Gasteiger partial charge in [0, 0.05) is 20.1 Å². The maximum Gasteiger partial charge on any atom is 0.348 e. The minimum absolute atomic E-state index is 0.000492. The molecule has 1 heterocycles. The monoisotopic (exact) mass is 331 g/mol. The summed E-state index contributed by atoms with van der Waals surface area (Å²) in [6, 6.07) is 7.00. The summed E-state index contributed by atoms with van der Waals surface area (Å²) in [4.78, 5) is 12.6. The molecule has 0 saturated heterocycles. The highest BCUT2D eigenvalue weighted by atomic mass is 32.5. The molecule has 1 amide bonds. The molecule has 1 aromatic rings.